The molecule has 0 aliphatic rings. The SMILES string of the molecule is Cc1cc(C)n2nc(C(=O)OCC(=O)c3cc(C)n(CCC(C)C)c3C)nc2n1. The third kappa shape index (κ3) is 4.36. The highest BCUT2D eigenvalue weighted by molar-refractivity contribution is 6.00. The van der Waals surface area contributed by atoms with Crippen molar-refractivity contribution >= 4 is 17.5 Å². The minimum absolute atomic E-state index is 0.110. The predicted octanol–water partition coefficient (Wildman–Crippen LogP) is 3.25. The van der Waals surface area contributed by atoms with Crippen LogP contribution >= 0.6 is 0 Å². The quantitative estimate of drug-likeness (QED) is 0.449. The molecule has 154 valence electrons. The highest BCUT2D eigenvalue weighted by Gasteiger charge is 2.21. The zero-order valence-electron chi connectivity index (χ0n) is 17.8. The number of rotatable bonds is 7. The van der Waals surface area contributed by atoms with Gasteiger partial charge >= 0.3 is 5.97 Å². The first-order valence-electron chi connectivity index (χ1n) is 9.75. The molecule has 0 saturated carbocycles. The van der Waals surface area contributed by atoms with Crippen LogP contribution in [-0.4, -0.2) is 42.5 Å². The van der Waals surface area contributed by atoms with Crippen LogP contribution in [0.25, 0.3) is 5.78 Å². The van der Waals surface area contributed by atoms with Crippen molar-refractivity contribution in [2.45, 2.75) is 54.5 Å². The van der Waals surface area contributed by atoms with Gasteiger partial charge in [-0.15, -0.1) is 5.10 Å². The molecule has 3 rings (SSSR count). The summed E-state index contributed by atoms with van der Waals surface area (Å²) in [6.45, 7) is 12.4. The largest absolute Gasteiger partial charge is 0.451 e. The smallest absolute Gasteiger partial charge is 0.378 e. The van der Waals surface area contributed by atoms with Gasteiger partial charge in [0, 0.05) is 34.9 Å². The Morgan fingerprint density at radius 1 is 1.07 bits per heavy atom. The van der Waals surface area contributed by atoms with E-state index in [-0.39, 0.29) is 18.2 Å². The summed E-state index contributed by atoms with van der Waals surface area (Å²) in [5.41, 5.74) is 4.09. The summed E-state index contributed by atoms with van der Waals surface area (Å²) in [4.78, 5) is 33.3. The van der Waals surface area contributed by atoms with Crippen molar-refractivity contribution in [1.82, 2.24) is 24.1 Å². The molecular weight excluding hydrogens is 370 g/mol. The Balaban J connectivity index is 1.70. The second-order valence-corrected chi connectivity index (χ2v) is 7.80. The molecule has 0 atom stereocenters. The Morgan fingerprint density at radius 3 is 2.48 bits per heavy atom. The molecule has 0 N–H and O–H groups in total. The molecule has 3 heterocycles. The number of carbonyl (C=O) groups excluding carboxylic acids is 2. The monoisotopic (exact) mass is 397 g/mol. The number of nitrogens with zero attached hydrogens (tertiary/aromatic N) is 5. The minimum Gasteiger partial charge on any atom is -0.451 e. The van der Waals surface area contributed by atoms with Crippen LogP contribution in [0, 0.1) is 33.6 Å². The molecule has 8 heteroatoms. The number of ketones is 1. The molecule has 0 saturated heterocycles. The van der Waals surface area contributed by atoms with Crippen molar-refractivity contribution in [3.63, 3.8) is 0 Å². The minimum atomic E-state index is -0.741. The predicted molar refractivity (Wildman–Crippen MR) is 108 cm³/mol. The molecule has 0 spiro atoms. The topological polar surface area (TPSA) is 91.4 Å². The van der Waals surface area contributed by atoms with E-state index in [2.05, 4.69) is 33.5 Å². The summed E-state index contributed by atoms with van der Waals surface area (Å²) in [5.74, 6) is -0.183. The molecule has 3 aromatic rings. The van der Waals surface area contributed by atoms with Crippen LogP contribution in [0.4, 0.5) is 0 Å². The molecular formula is C21H27N5O3. The molecule has 0 unspecified atom stereocenters. The number of hydrogen-bond donors (Lipinski definition) is 0. The Morgan fingerprint density at radius 2 is 1.79 bits per heavy atom. The number of ether oxygens (including phenoxy) is 1. The van der Waals surface area contributed by atoms with Gasteiger partial charge in [-0.3, -0.25) is 4.79 Å². The molecule has 8 nitrogen and oxygen atoms in total. The maximum atomic E-state index is 12.6. The van der Waals surface area contributed by atoms with Gasteiger partial charge in [-0.2, -0.15) is 4.98 Å². The van der Waals surface area contributed by atoms with E-state index in [0.717, 1.165) is 35.7 Å². The van der Waals surface area contributed by atoms with Crippen LogP contribution in [0.5, 0.6) is 0 Å². The van der Waals surface area contributed by atoms with Crippen molar-refractivity contribution in [2.75, 3.05) is 6.61 Å². The van der Waals surface area contributed by atoms with E-state index in [1.54, 1.807) is 0 Å². The maximum Gasteiger partial charge on any atom is 0.378 e. The number of Topliss-reactive ketones (excluding diaryl/α,β-unsaturated/α-hetero) is 1. The second-order valence-electron chi connectivity index (χ2n) is 7.80. The number of aromatic nitrogens is 5. The van der Waals surface area contributed by atoms with Gasteiger partial charge in [0.05, 0.1) is 0 Å². The van der Waals surface area contributed by atoms with Crippen molar-refractivity contribution in [1.29, 1.82) is 0 Å². The zero-order chi connectivity index (χ0) is 21.3. The molecule has 0 fully saturated rings. The van der Waals surface area contributed by atoms with Gasteiger partial charge < -0.3 is 9.30 Å². The van der Waals surface area contributed by atoms with E-state index < -0.39 is 5.97 Å². The average Bonchev–Trinajstić information content (AvgIpc) is 3.19. The van der Waals surface area contributed by atoms with Crippen molar-refractivity contribution < 1.29 is 14.3 Å². The van der Waals surface area contributed by atoms with E-state index >= 15 is 0 Å². The molecule has 3 aromatic heterocycles. The lowest BCUT2D eigenvalue weighted by atomic mass is 10.1. The third-order valence-corrected chi connectivity index (χ3v) is 4.94. The highest BCUT2D eigenvalue weighted by atomic mass is 16.5. The lowest BCUT2D eigenvalue weighted by molar-refractivity contribution is 0.0462. The summed E-state index contributed by atoms with van der Waals surface area (Å²) in [7, 11) is 0. The average molecular weight is 397 g/mol. The van der Waals surface area contributed by atoms with E-state index in [1.165, 1.54) is 4.52 Å². The number of aryl methyl sites for hydroxylation is 3. The van der Waals surface area contributed by atoms with Gasteiger partial charge in [-0.1, -0.05) is 13.8 Å². The van der Waals surface area contributed by atoms with E-state index in [1.807, 2.05) is 39.8 Å². The standard InChI is InChI=1S/C21H27N5O3/c1-12(2)7-8-25-14(4)10-17(16(25)6)18(27)11-29-20(28)19-23-21-22-13(3)9-15(5)26(21)24-19/h9-10,12H,7-8,11H2,1-6H3. The van der Waals surface area contributed by atoms with Crippen LogP contribution in [-0.2, 0) is 11.3 Å². The Hall–Kier alpha value is -3.03. The molecule has 0 bridgehead atoms. The van der Waals surface area contributed by atoms with Gasteiger partial charge in [0.15, 0.2) is 6.61 Å². The molecule has 29 heavy (non-hydrogen) atoms. The molecule has 0 amide bonds. The first-order chi connectivity index (χ1) is 13.7. The zero-order valence-corrected chi connectivity index (χ0v) is 17.8. The fourth-order valence-corrected chi connectivity index (χ4v) is 3.34. The van der Waals surface area contributed by atoms with Crippen LogP contribution < -0.4 is 0 Å². The van der Waals surface area contributed by atoms with Crippen molar-refractivity contribution in [3.8, 4) is 0 Å². The lowest BCUT2D eigenvalue weighted by Crippen LogP contribution is -2.16. The Bertz CT molecular complexity index is 1080. The van der Waals surface area contributed by atoms with Crippen LogP contribution in [0.3, 0.4) is 0 Å². The van der Waals surface area contributed by atoms with Gasteiger partial charge in [0.1, 0.15) is 0 Å². The molecule has 0 aliphatic heterocycles. The van der Waals surface area contributed by atoms with Gasteiger partial charge in [-0.05, 0) is 52.2 Å². The molecule has 0 radical (unpaired) electrons. The fourth-order valence-electron chi connectivity index (χ4n) is 3.34. The highest BCUT2D eigenvalue weighted by Crippen LogP contribution is 2.18. The van der Waals surface area contributed by atoms with E-state index in [9.17, 15) is 9.59 Å². The Labute approximate surface area is 169 Å². The van der Waals surface area contributed by atoms with Crippen molar-refractivity contribution in [3.05, 3.63) is 46.3 Å². The van der Waals surface area contributed by atoms with Crippen molar-refractivity contribution in [2.24, 2.45) is 5.92 Å². The summed E-state index contributed by atoms with van der Waals surface area (Å²) in [5, 5.41) is 4.13. The van der Waals surface area contributed by atoms with Crippen LogP contribution in [0.2, 0.25) is 0 Å². The first-order valence-corrected chi connectivity index (χ1v) is 9.75. The summed E-state index contributed by atoms with van der Waals surface area (Å²) >= 11 is 0. The third-order valence-electron chi connectivity index (χ3n) is 4.94. The summed E-state index contributed by atoms with van der Waals surface area (Å²) < 4.78 is 8.80. The van der Waals surface area contributed by atoms with E-state index in [0.29, 0.717) is 17.3 Å². The first kappa shape index (κ1) is 20.7. The summed E-state index contributed by atoms with van der Waals surface area (Å²) in [6, 6.07) is 3.69. The van der Waals surface area contributed by atoms with Gasteiger partial charge in [0.25, 0.3) is 11.6 Å². The van der Waals surface area contributed by atoms with Crippen LogP contribution in [0.1, 0.15) is 64.0 Å². The van der Waals surface area contributed by atoms with Gasteiger partial charge in [0.2, 0.25) is 5.78 Å². The number of esters is 1. The molecule has 0 aliphatic carbocycles. The Kier molecular flexibility index (Phi) is 5.81. The lowest BCUT2D eigenvalue weighted by Gasteiger charge is -2.11. The van der Waals surface area contributed by atoms with Gasteiger partial charge in [-0.25, -0.2) is 14.3 Å². The van der Waals surface area contributed by atoms with E-state index in [4.69, 9.17) is 4.74 Å². The number of fused-ring (bicyclic) bond motifs is 1. The molecule has 0 aromatic carbocycles. The van der Waals surface area contributed by atoms with Crippen LogP contribution in [0.15, 0.2) is 12.1 Å². The normalized spacial score (nSPS) is 11.4. The fraction of sp³-hybridized carbons (Fsp3) is 0.476. The second kappa shape index (κ2) is 8.14. The number of hydrogen-bond acceptors (Lipinski definition) is 6. The number of carbonyl (C=O) groups is 2. The summed E-state index contributed by atoms with van der Waals surface area (Å²) in [6.07, 6.45) is 1.03. The maximum absolute atomic E-state index is 12.6.